The Kier molecular flexibility index (Phi) is 4.05. The average molecular weight is 291 g/mol. The van der Waals surface area contributed by atoms with E-state index < -0.39 is 21.4 Å². The van der Waals surface area contributed by atoms with Crippen molar-refractivity contribution < 1.29 is 18.3 Å². The molecule has 2 aromatic rings. The van der Waals surface area contributed by atoms with E-state index in [4.69, 9.17) is 5.11 Å². The van der Waals surface area contributed by atoms with Gasteiger partial charge in [0.2, 0.25) is 10.0 Å². The lowest BCUT2D eigenvalue weighted by Gasteiger charge is -2.18. The molecule has 5 nitrogen and oxygen atoms in total. The Morgan fingerprint density at radius 1 is 0.900 bits per heavy atom. The van der Waals surface area contributed by atoms with Crippen LogP contribution in [0.4, 0.5) is 4.79 Å². The van der Waals surface area contributed by atoms with Crippen LogP contribution in [0, 0.1) is 0 Å². The molecule has 6 heteroatoms. The maximum absolute atomic E-state index is 12.3. The molecule has 0 saturated heterocycles. The molecule has 0 saturated carbocycles. The molecule has 0 aliphatic rings. The van der Waals surface area contributed by atoms with Crippen LogP contribution in [0.15, 0.2) is 60.7 Å². The van der Waals surface area contributed by atoms with Gasteiger partial charge in [-0.1, -0.05) is 60.7 Å². The number of benzene rings is 2. The van der Waals surface area contributed by atoms with Crippen LogP contribution in [0.1, 0.15) is 16.4 Å². The van der Waals surface area contributed by atoms with Gasteiger partial charge in [-0.05, 0) is 11.1 Å². The molecule has 104 valence electrons. The smallest absolute Gasteiger partial charge is 0.418 e. The summed E-state index contributed by atoms with van der Waals surface area (Å²) >= 11 is 0. The van der Waals surface area contributed by atoms with Crippen LogP contribution in [-0.4, -0.2) is 19.6 Å². The maximum Gasteiger partial charge on any atom is 0.418 e. The Morgan fingerprint density at radius 2 is 1.30 bits per heavy atom. The van der Waals surface area contributed by atoms with Crippen LogP contribution in [0.5, 0.6) is 0 Å². The normalized spacial score (nSPS) is 11.2. The van der Waals surface area contributed by atoms with Gasteiger partial charge in [0.05, 0.1) is 0 Å². The molecule has 0 spiro atoms. The van der Waals surface area contributed by atoms with E-state index in [-0.39, 0.29) is 0 Å². The monoisotopic (exact) mass is 291 g/mol. The third kappa shape index (κ3) is 3.16. The van der Waals surface area contributed by atoms with Crippen molar-refractivity contribution in [1.29, 1.82) is 0 Å². The molecule has 0 aromatic heterocycles. The van der Waals surface area contributed by atoms with Crippen LogP contribution in [0.2, 0.25) is 0 Å². The predicted octanol–water partition coefficient (Wildman–Crippen LogP) is 2.37. The number of hydrogen-bond acceptors (Lipinski definition) is 3. The minimum Gasteiger partial charge on any atom is -0.464 e. The molecule has 2 rings (SSSR count). The first-order valence-electron chi connectivity index (χ1n) is 5.85. The first-order chi connectivity index (χ1) is 9.50. The summed E-state index contributed by atoms with van der Waals surface area (Å²) in [4.78, 5) is 10.7. The van der Waals surface area contributed by atoms with Crippen molar-refractivity contribution in [3.05, 3.63) is 71.8 Å². The van der Waals surface area contributed by atoms with E-state index in [0.29, 0.717) is 11.1 Å². The fourth-order valence-corrected chi connectivity index (χ4v) is 3.38. The van der Waals surface area contributed by atoms with Gasteiger partial charge in [-0.15, -0.1) is 0 Å². The predicted molar refractivity (Wildman–Crippen MR) is 74.8 cm³/mol. The second-order valence-corrected chi connectivity index (χ2v) is 5.92. The zero-order valence-corrected chi connectivity index (χ0v) is 11.2. The summed E-state index contributed by atoms with van der Waals surface area (Å²) in [5, 5.41) is 7.63. The van der Waals surface area contributed by atoms with Crippen molar-refractivity contribution in [2.24, 2.45) is 0 Å². The zero-order valence-electron chi connectivity index (χ0n) is 10.4. The SMILES string of the molecule is O=C(O)NS(=O)(=O)C(c1ccccc1)c1ccccc1. The van der Waals surface area contributed by atoms with Gasteiger partial charge in [-0.2, -0.15) is 0 Å². The van der Waals surface area contributed by atoms with Crippen LogP contribution >= 0.6 is 0 Å². The zero-order chi connectivity index (χ0) is 14.6. The molecule has 0 bridgehead atoms. The van der Waals surface area contributed by atoms with Gasteiger partial charge < -0.3 is 5.11 Å². The van der Waals surface area contributed by atoms with Gasteiger partial charge in [0, 0.05) is 0 Å². The number of carbonyl (C=O) groups is 1. The van der Waals surface area contributed by atoms with E-state index in [2.05, 4.69) is 0 Å². The van der Waals surface area contributed by atoms with E-state index in [1.165, 1.54) is 0 Å². The van der Waals surface area contributed by atoms with E-state index >= 15 is 0 Å². The summed E-state index contributed by atoms with van der Waals surface area (Å²) in [6.45, 7) is 0. The molecule has 0 radical (unpaired) electrons. The van der Waals surface area contributed by atoms with Gasteiger partial charge in [-0.3, -0.25) is 0 Å². The number of sulfonamides is 1. The van der Waals surface area contributed by atoms with Crippen LogP contribution in [0.3, 0.4) is 0 Å². The number of nitrogens with one attached hydrogen (secondary N) is 1. The number of hydrogen-bond donors (Lipinski definition) is 2. The summed E-state index contributed by atoms with van der Waals surface area (Å²) in [5.41, 5.74) is 1.01. The molecule has 0 aliphatic heterocycles. The van der Waals surface area contributed by atoms with Gasteiger partial charge in [0.25, 0.3) is 0 Å². The summed E-state index contributed by atoms with van der Waals surface area (Å²) in [7, 11) is -4.08. The van der Waals surface area contributed by atoms with Crippen LogP contribution in [-0.2, 0) is 10.0 Å². The average Bonchev–Trinajstić information content (AvgIpc) is 2.39. The molecule has 0 aliphatic carbocycles. The Labute approximate surface area is 116 Å². The van der Waals surface area contributed by atoms with Gasteiger partial charge in [0.15, 0.2) is 0 Å². The van der Waals surface area contributed by atoms with Gasteiger partial charge in [0.1, 0.15) is 5.25 Å². The standard InChI is InChI=1S/C14H13NO4S/c16-14(17)15-20(18,19)13(11-7-3-1-4-8-11)12-9-5-2-6-10-12/h1-10,13,15H,(H,16,17). The molecular weight excluding hydrogens is 278 g/mol. The molecule has 0 heterocycles. The van der Waals surface area contributed by atoms with E-state index in [9.17, 15) is 13.2 Å². The largest absolute Gasteiger partial charge is 0.464 e. The van der Waals surface area contributed by atoms with Crippen LogP contribution in [0.25, 0.3) is 0 Å². The summed E-state index contributed by atoms with van der Waals surface area (Å²) in [5.74, 6) is 0. The van der Waals surface area contributed by atoms with Gasteiger partial charge in [-0.25, -0.2) is 17.9 Å². The number of amides is 1. The van der Waals surface area contributed by atoms with E-state index in [1.54, 1.807) is 65.4 Å². The molecule has 0 atom stereocenters. The first kappa shape index (κ1) is 14.1. The molecule has 0 unspecified atom stereocenters. The summed E-state index contributed by atoms with van der Waals surface area (Å²) in [6, 6.07) is 17.0. The van der Waals surface area contributed by atoms with E-state index in [0.717, 1.165) is 0 Å². The lowest BCUT2D eigenvalue weighted by Crippen LogP contribution is -2.33. The molecule has 1 amide bonds. The molecular formula is C14H13NO4S. The minimum atomic E-state index is -4.08. The minimum absolute atomic E-state index is 0.507. The first-order valence-corrected chi connectivity index (χ1v) is 7.40. The second kappa shape index (κ2) is 5.75. The quantitative estimate of drug-likeness (QED) is 0.906. The second-order valence-electron chi connectivity index (χ2n) is 4.15. The third-order valence-electron chi connectivity index (χ3n) is 2.74. The van der Waals surface area contributed by atoms with Crippen LogP contribution < -0.4 is 4.72 Å². The lowest BCUT2D eigenvalue weighted by atomic mass is 10.0. The lowest BCUT2D eigenvalue weighted by molar-refractivity contribution is 0.201. The highest BCUT2D eigenvalue weighted by Crippen LogP contribution is 2.29. The Morgan fingerprint density at radius 3 is 1.65 bits per heavy atom. The highest BCUT2D eigenvalue weighted by atomic mass is 32.2. The summed E-state index contributed by atoms with van der Waals surface area (Å²) < 4.78 is 26.1. The number of carboxylic acid groups (broad SMARTS) is 1. The van der Waals surface area contributed by atoms with Crippen molar-refractivity contribution in [1.82, 2.24) is 4.72 Å². The van der Waals surface area contributed by atoms with Crippen molar-refractivity contribution in [3.8, 4) is 0 Å². The Hall–Kier alpha value is -2.34. The highest BCUT2D eigenvalue weighted by Gasteiger charge is 2.30. The molecule has 2 N–H and O–H groups in total. The number of rotatable bonds is 4. The van der Waals surface area contributed by atoms with Crippen molar-refractivity contribution in [2.45, 2.75) is 5.25 Å². The van der Waals surface area contributed by atoms with Crippen molar-refractivity contribution in [3.63, 3.8) is 0 Å². The van der Waals surface area contributed by atoms with Crippen molar-refractivity contribution >= 4 is 16.1 Å². The molecule has 20 heavy (non-hydrogen) atoms. The fourth-order valence-electron chi connectivity index (χ4n) is 1.99. The highest BCUT2D eigenvalue weighted by molar-refractivity contribution is 7.90. The van der Waals surface area contributed by atoms with Crippen molar-refractivity contribution in [2.75, 3.05) is 0 Å². The summed E-state index contributed by atoms with van der Waals surface area (Å²) in [6.07, 6.45) is -1.60. The third-order valence-corrected chi connectivity index (χ3v) is 4.37. The molecule has 0 fully saturated rings. The molecule has 2 aromatic carbocycles. The van der Waals surface area contributed by atoms with E-state index in [1.807, 2.05) is 0 Å². The Balaban J connectivity index is 2.54. The van der Waals surface area contributed by atoms with Gasteiger partial charge >= 0.3 is 6.09 Å². The topological polar surface area (TPSA) is 83.5 Å². The maximum atomic E-state index is 12.3. The Bertz CT molecular complexity index is 644. The fraction of sp³-hybridized carbons (Fsp3) is 0.0714.